The monoisotopic (exact) mass is 480 g/mol. The maximum atomic E-state index is 12.6. The Morgan fingerprint density at radius 2 is 2.03 bits per heavy atom. The highest BCUT2D eigenvalue weighted by molar-refractivity contribution is 9.10. The minimum absolute atomic E-state index is 0.217. The van der Waals surface area contributed by atoms with Gasteiger partial charge in [0.1, 0.15) is 0 Å². The van der Waals surface area contributed by atoms with Gasteiger partial charge in [0.25, 0.3) is 0 Å². The summed E-state index contributed by atoms with van der Waals surface area (Å²) >= 11 is 9.30. The van der Waals surface area contributed by atoms with Crippen molar-refractivity contribution in [3.05, 3.63) is 67.4 Å². The van der Waals surface area contributed by atoms with E-state index in [1.807, 2.05) is 12.1 Å². The zero-order valence-electron chi connectivity index (χ0n) is 15.7. The first kappa shape index (κ1) is 21.0. The van der Waals surface area contributed by atoms with E-state index in [2.05, 4.69) is 31.4 Å². The number of hydrogen-bond donors (Lipinski definition) is 1. The van der Waals surface area contributed by atoms with Crippen LogP contribution in [0.2, 0.25) is 5.02 Å². The first-order valence-electron chi connectivity index (χ1n) is 8.70. The molecule has 3 rings (SSSR count). The normalized spacial score (nSPS) is 12.0. The van der Waals surface area contributed by atoms with E-state index in [1.165, 1.54) is 10.7 Å². The lowest BCUT2D eigenvalue weighted by molar-refractivity contribution is -0.389. The van der Waals surface area contributed by atoms with Crippen molar-refractivity contribution in [1.29, 1.82) is 0 Å². The van der Waals surface area contributed by atoms with Gasteiger partial charge in [0.15, 0.2) is 5.82 Å². The summed E-state index contributed by atoms with van der Waals surface area (Å²) in [6, 6.07) is 8.80. The van der Waals surface area contributed by atoms with Crippen LogP contribution in [-0.2, 0) is 17.9 Å². The fourth-order valence-electron chi connectivity index (χ4n) is 2.69. The van der Waals surface area contributed by atoms with Crippen LogP contribution in [-0.4, -0.2) is 30.4 Å². The number of carbonyl (C=O) groups excluding carboxylic acids is 1. The molecule has 0 aliphatic heterocycles. The van der Waals surface area contributed by atoms with Gasteiger partial charge in [-0.15, -0.1) is 0 Å². The van der Waals surface area contributed by atoms with Crippen molar-refractivity contribution in [2.75, 3.05) is 5.32 Å². The van der Waals surface area contributed by atoms with Crippen LogP contribution in [0.25, 0.3) is 0 Å². The summed E-state index contributed by atoms with van der Waals surface area (Å²) in [5.74, 6) is -0.570. The predicted octanol–water partition coefficient (Wildman–Crippen LogP) is 4.04. The molecule has 1 unspecified atom stereocenters. The lowest BCUT2D eigenvalue weighted by Crippen LogP contribution is -2.25. The summed E-state index contributed by atoms with van der Waals surface area (Å²) < 4.78 is 3.81. The standard InChI is InChI=1S/C18H18BrClN6O3/c1-11(8-25-12(2)7-16(22-25)26(28)29)18(27)21-17-15(19)10-24(23-17)9-13-3-5-14(20)6-4-13/h3-7,10-11H,8-9H2,1-2H3,(H,21,23,27). The molecule has 1 aromatic carbocycles. The summed E-state index contributed by atoms with van der Waals surface area (Å²) in [6.45, 7) is 4.17. The van der Waals surface area contributed by atoms with Crippen LogP contribution >= 0.6 is 27.5 Å². The third-order valence-electron chi connectivity index (χ3n) is 4.27. The van der Waals surface area contributed by atoms with Crippen LogP contribution in [0, 0.1) is 23.0 Å². The number of anilines is 1. The Bertz CT molecular complexity index is 1050. The lowest BCUT2D eigenvalue weighted by atomic mass is 10.1. The number of carbonyl (C=O) groups is 1. The third kappa shape index (κ3) is 5.21. The number of nitrogens with one attached hydrogen (secondary N) is 1. The molecule has 1 amide bonds. The highest BCUT2D eigenvalue weighted by atomic mass is 79.9. The van der Waals surface area contributed by atoms with E-state index in [-0.39, 0.29) is 18.3 Å². The smallest absolute Gasteiger partial charge is 0.358 e. The van der Waals surface area contributed by atoms with Crippen LogP contribution in [0.1, 0.15) is 18.2 Å². The van der Waals surface area contributed by atoms with Gasteiger partial charge in [0.05, 0.1) is 40.3 Å². The average molecular weight is 482 g/mol. The topological polar surface area (TPSA) is 108 Å². The summed E-state index contributed by atoms with van der Waals surface area (Å²) in [4.78, 5) is 22.8. The molecule has 0 radical (unpaired) electrons. The van der Waals surface area contributed by atoms with Crippen LogP contribution in [0.3, 0.4) is 0 Å². The van der Waals surface area contributed by atoms with E-state index in [4.69, 9.17) is 11.6 Å². The fraction of sp³-hybridized carbons (Fsp3) is 0.278. The zero-order valence-corrected chi connectivity index (χ0v) is 18.0. The molecule has 0 saturated carbocycles. The number of halogens is 2. The number of nitro groups is 1. The van der Waals surface area contributed by atoms with Gasteiger partial charge in [0, 0.05) is 11.2 Å². The Hall–Kier alpha value is -2.72. The molecular formula is C18H18BrClN6O3. The fourth-order valence-corrected chi connectivity index (χ4v) is 3.23. The Balaban J connectivity index is 1.64. The van der Waals surface area contributed by atoms with Crippen molar-refractivity contribution in [2.24, 2.45) is 5.92 Å². The van der Waals surface area contributed by atoms with Gasteiger partial charge in [-0.1, -0.05) is 30.7 Å². The molecule has 11 heteroatoms. The minimum Gasteiger partial charge on any atom is -0.358 e. The highest BCUT2D eigenvalue weighted by Gasteiger charge is 2.22. The van der Waals surface area contributed by atoms with Crippen molar-refractivity contribution < 1.29 is 9.72 Å². The molecule has 29 heavy (non-hydrogen) atoms. The van der Waals surface area contributed by atoms with Crippen LogP contribution in [0.5, 0.6) is 0 Å². The van der Waals surface area contributed by atoms with E-state index in [0.29, 0.717) is 27.6 Å². The number of nitrogens with zero attached hydrogens (tertiary/aromatic N) is 5. The molecule has 9 nitrogen and oxygen atoms in total. The van der Waals surface area contributed by atoms with Gasteiger partial charge >= 0.3 is 5.82 Å². The van der Waals surface area contributed by atoms with Crippen molar-refractivity contribution in [3.8, 4) is 0 Å². The van der Waals surface area contributed by atoms with E-state index in [0.717, 1.165) is 5.56 Å². The van der Waals surface area contributed by atoms with Gasteiger partial charge in [-0.2, -0.15) is 9.78 Å². The molecule has 1 N–H and O–H groups in total. The quantitative estimate of drug-likeness (QED) is 0.405. The number of benzene rings is 1. The van der Waals surface area contributed by atoms with Crippen molar-refractivity contribution in [3.63, 3.8) is 0 Å². The van der Waals surface area contributed by atoms with Crippen molar-refractivity contribution >= 4 is 45.1 Å². The van der Waals surface area contributed by atoms with E-state index in [9.17, 15) is 14.9 Å². The predicted molar refractivity (Wildman–Crippen MR) is 112 cm³/mol. The largest absolute Gasteiger partial charge is 0.390 e. The number of amides is 1. The molecule has 1 atom stereocenters. The van der Waals surface area contributed by atoms with Gasteiger partial charge in [-0.25, -0.2) is 0 Å². The summed E-state index contributed by atoms with van der Waals surface area (Å²) in [7, 11) is 0. The molecule has 0 spiro atoms. The molecule has 0 bridgehead atoms. The SMILES string of the molecule is Cc1cc([N+](=O)[O-])nn1CC(C)C(=O)Nc1nn(Cc2ccc(Cl)cc2)cc1Br. The molecule has 0 aliphatic carbocycles. The molecular weight excluding hydrogens is 464 g/mol. The maximum absolute atomic E-state index is 12.6. The molecule has 3 aromatic rings. The second-order valence-corrected chi connectivity index (χ2v) is 7.91. The average Bonchev–Trinajstić information content (AvgIpc) is 3.19. The first-order valence-corrected chi connectivity index (χ1v) is 9.87. The van der Waals surface area contributed by atoms with E-state index < -0.39 is 10.8 Å². The minimum atomic E-state index is -0.557. The second kappa shape index (κ2) is 8.75. The van der Waals surface area contributed by atoms with Crippen molar-refractivity contribution in [2.45, 2.75) is 26.9 Å². The molecule has 2 aromatic heterocycles. The molecule has 2 heterocycles. The Labute approximate surface area is 179 Å². The maximum Gasteiger partial charge on any atom is 0.390 e. The zero-order chi connectivity index (χ0) is 21.1. The lowest BCUT2D eigenvalue weighted by Gasteiger charge is -2.10. The van der Waals surface area contributed by atoms with Gasteiger partial charge in [-0.05, 0) is 45.5 Å². The van der Waals surface area contributed by atoms with Gasteiger partial charge in [0.2, 0.25) is 5.91 Å². The number of hydrogen-bond acceptors (Lipinski definition) is 5. The van der Waals surface area contributed by atoms with Gasteiger partial charge < -0.3 is 15.4 Å². The second-order valence-electron chi connectivity index (χ2n) is 6.62. The molecule has 152 valence electrons. The Kier molecular flexibility index (Phi) is 6.33. The molecule has 0 aliphatic rings. The van der Waals surface area contributed by atoms with Gasteiger partial charge in [-0.3, -0.25) is 9.48 Å². The Morgan fingerprint density at radius 3 is 2.66 bits per heavy atom. The third-order valence-corrected chi connectivity index (χ3v) is 5.10. The Morgan fingerprint density at radius 1 is 1.34 bits per heavy atom. The van der Waals surface area contributed by atoms with E-state index >= 15 is 0 Å². The van der Waals surface area contributed by atoms with Crippen LogP contribution in [0.4, 0.5) is 11.6 Å². The first-order chi connectivity index (χ1) is 13.7. The van der Waals surface area contributed by atoms with E-state index in [1.54, 1.807) is 36.9 Å². The molecule has 0 saturated heterocycles. The van der Waals surface area contributed by atoms with Crippen molar-refractivity contribution in [1.82, 2.24) is 19.6 Å². The summed E-state index contributed by atoms with van der Waals surface area (Å²) in [5, 5.41) is 22.6. The summed E-state index contributed by atoms with van der Waals surface area (Å²) in [6.07, 6.45) is 1.77. The molecule has 0 fully saturated rings. The number of aryl methyl sites for hydroxylation is 1. The highest BCUT2D eigenvalue weighted by Crippen LogP contribution is 2.22. The van der Waals surface area contributed by atoms with Crippen LogP contribution in [0.15, 0.2) is 41.0 Å². The van der Waals surface area contributed by atoms with Crippen LogP contribution < -0.4 is 5.32 Å². The number of aromatic nitrogens is 4. The number of rotatable bonds is 7. The summed E-state index contributed by atoms with van der Waals surface area (Å²) in [5.41, 5.74) is 1.64.